The van der Waals surface area contributed by atoms with Gasteiger partial charge in [-0.2, -0.15) is 11.8 Å². The quantitative estimate of drug-likeness (QED) is 0.438. The zero-order valence-electron chi connectivity index (χ0n) is 11.8. The van der Waals surface area contributed by atoms with E-state index in [0.29, 0.717) is 17.4 Å². The van der Waals surface area contributed by atoms with E-state index in [1.54, 1.807) is 11.8 Å². The Hall–Kier alpha value is -0.220. The van der Waals surface area contributed by atoms with Gasteiger partial charge in [0.25, 0.3) is 0 Å². The van der Waals surface area contributed by atoms with E-state index in [2.05, 4.69) is 6.92 Å². The number of ether oxygens (including phenoxy) is 1. The largest absolute Gasteiger partial charge is 0.469 e. The maximum absolute atomic E-state index is 11.3. The predicted molar refractivity (Wildman–Crippen MR) is 78.0 cm³/mol. The number of rotatable bonds is 12. The summed E-state index contributed by atoms with van der Waals surface area (Å²) in [5.74, 6) is 0.564. The first-order valence-corrected chi connectivity index (χ1v) is 8.08. The molecule has 0 aliphatic heterocycles. The van der Waals surface area contributed by atoms with Crippen LogP contribution in [0.5, 0.6) is 0 Å². The molecule has 108 valence electrons. The molecule has 0 fully saturated rings. The minimum Gasteiger partial charge on any atom is -0.469 e. The number of unbranched alkanes of at least 4 members (excludes halogenated alkanes) is 5. The van der Waals surface area contributed by atoms with Crippen LogP contribution >= 0.6 is 11.8 Å². The zero-order chi connectivity index (χ0) is 13.6. The van der Waals surface area contributed by atoms with Crippen LogP contribution in [0.2, 0.25) is 0 Å². The van der Waals surface area contributed by atoms with E-state index in [1.807, 2.05) is 0 Å². The second-order valence-electron chi connectivity index (χ2n) is 4.55. The highest BCUT2D eigenvalue weighted by Crippen LogP contribution is 2.22. The molecule has 3 nitrogen and oxygen atoms in total. The average molecular weight is 276 g/mol. The van der Waals surface area contributed by atoms with E-state index in [1.165, 1.54) is 45.6 Å². The van der Waals surface area contributed by atoms with Gasteiger partial charge in [-0.25, -0.2) is 0 Å². The van der Waals surface area contributed by atoms with Gasteiger partial charge in [0.1, 0.15) is 0 Å². The fourth-order valence-electron chi connectivity index (χ4n) is 1.89. The van der Waals surface area contributed by atoms with Crippen molar-refractivity contribution in [2.45, 2.75) is 63.5 Å². The van der Waals surface area contributed by atoms with Crippen molar-refractivity contribution in [3.05, 3.63) is 0 Å². The molecule has 0 saturated carbocycles. The number of carbonyl (C=O) groups excluding carboxylic acids is 1. The first-order chi connectivity index (χ1) is 8.74. The van der Waals surface area contributed by atoms with Gasteiger partial charge in [-0.3, -0.25) is 4.79 Å². The Balaban J connectivity index is 3.68. The molecular formula is C14H28O3S. The normalized spacial score (nSPS) is 12.4. The molecule has 0 bridgehead atoms. The van der Waals surface area contributed by atoms with Gasteiger partial charge >= 0.3 is 5.97 Å². The first-order valence-electron chi connectivity index (χ1n) is 7.03. The molecule has 0 rings (SSSR count). The summed E-state index contributed by atoms with van der Waals surface area (Å²) in [6.07, 6.45) is 9.15. The van der Waals surface area contributed by atoms with Gasteiger partial charge in [-0.05, 0) is 6.42 Å². The monoisotopic (exact) mass is 276 g/mol. The fourth-order valence-corrected chi connectivity index (χ4v) is 2.91. The average Bonchev–Trinajstić information content (AvgIpc) is 2.39. The zero-order valence-corrected chi connectivity index (χ0v) is 12.6. The maximum atomic E-state index is 11.3. The predicted octanol–water partition coefficient (Wildman–Crippen LogP) is 3.39. The first kappa shape index (κ1) is 17.8. The van der Waals surface area contributed by atoms with Gasteiger partial charge < -0.3 is 9.84 Å². The number of aliphatic hydroxyl groups is 1. The van der Waals surface area contributed by atoms with Gasteiger partial charge in [0.05, 0.1) is 20.1 Å². The van der Waals surface area contributed by atoms with Crippen LogP contribution in [0.4, 0.5) is 0 Å². The fraction of sp³-hybridized carbons (Fsp3) is 0.929. The van der Waals surface area contributed by atoms with Crippen molar-refractivity contribution in [2.75, 3.05) is 19.5 Å². The highest BCUT2D eigenvalue weighted by Gasteiger charge is 2.14. The van der Waals surface area contributed by atoms with Gasteiger partial charge in [0.15, 0.2) is 0 Å². The number of hydrogen-bond acceptors (Lipinski definition) is 4. The molecule has 0 aromatic heterocycles. The van der Waals surface area contributed by atoms with Crippen molar-refractivity contribution in [1.82, 2.24) is 0 Å². The van der Waals surface area contributed by atoms with Crippen LogP contribution in [-0.2, 0) is 9.53 Å². The lowest BCUT2D eigenvalue weighted by Gasteiger charge is -2.14. The third-order valence-electron chi connectivity index (χ3n) is 2.95. The molecule has 0 aromatic carbocycles. The van der Waals surface area contributed by atoms with Crippen molar-refractivity contribution in [2.24, 2.45) is 0 Å². The summed E-state index contributed by atoms with van der Waals surface area (Å²) >= 11 is 1.68. The van der Waals surface area contributed by atoms with E-state index < -0.39 is 0 Å². The Labute approximate surface area is 116 Å². The third kappa shape index (κ3) is 10.9. The molecule has 0 amide bonds. The number of hydrogen-bond donors (Lipinski definition) is 1. The van der Waals surface area contributed by atoms with Crippen molar-refractivity contribution >= 4 is 17.7 Å². The minimum atomic E-state index is -0.142. The van der Waals surface area contributed by atoms with Crippen molar-refractivity contribution < 1.29 is 14.6 Å². The second-order valence-corrected chi connectivity index (χ2v) is 5.96. The van der Waals surface area contributed by atoms with E-state index >= 15 is 0 Å². The lowest BCUT2D eigenvalue weighted by atomic mass is 10.1. The molecule has 0 aliphatic carbocycles. The lowest BCUT2D eigenvalue weighted by Crippen LogP contribution is -2.13. The van der Waals surface area contributed by atoms with Gasteiger partial charge in [0, 0.05) is 11.0 Å². The molecule has 0 aromatic rings. The van der Waals surface area contributed by atoms with E-state index in [-0.39, 0.29) is 12.6 Å². The van der Waals surface area contributed by atoms with Crippen LogP contribution in [0.25, 0.3) is 0 Å². The van der Waals surface area contributed by atoms with Gasteiger partial charge in [0.2, 0.25) is 0 Å². The number of aliphatic hydroxyl groups excluding tert-OH is 1. The Morgan fingerprint density at radius 1 is 1.22 bits per heavy atom. The Morgan fingerprint density at radius 3 is 2.50 bits per heavy atom. The van der Waals surface area contributed by atoms with E-state index in [0.717, 1.165) is 6.42 Å². The van der Waals surface area contributed by atoms with Crippen LogP contribution in [0.3, 0.4) is 0 Å². The number of methoxy groups -OCH3 is 1. The number of carbonyl (C=O) groups is 1. The second kappa shape index (κ2) is 13.2. The molecule has 0 aliphatic rings. The minimum absolute atomic E-state index is 0.142. The Bertz CT molecular complexity index is 197. The topological polar surface area (TPSA) is 46.5 Å². The van der Waals surface area contributed by atoms with Crippen LogP contribution in [-0.4, -0.2) is 35.8 Å². The summed E-state index contributed by atoms with van der Waals surface area (Å²) in [6, 6.07) is 0. The maximum Gasteiger partial charge on any atom is 0.306 e. The standard InChI is InChI=1S/C14H28O3S/c1-3-4-5-6-7-8-9-13(18-11-10-15)12-14(16)17-2/h13,15H,3-12H2,1-2H3. The molecule has 0 heterocycles. The summed E-state index contributed by atoms with van der Waals surface area (Å²) in [4.78, 5) is 11.3. The highest BCUT2D eigenvalue weighted by molar-refractivity contribution is 7.99. The van der Waals surface area contributed by atoms with Gasteiger partial charge in [-0.1, -0.05) is 45.4 Å². The molecule has 1 atom stereocenters. The molecule has 1 unspecified atom stereocenters. The summed E-state index contributed by atoms with van der Waals surface area (Å²) in [7, 11) is 1.43. The molecule has 4 heteroatoms. The molecule has 0 spiro atoms. The summed E-state index contributed by atoms with van der Waals surface area (Å²) < 4.78 is 4.71. The van der Waals surface area contributed by atoms with Crippen LogP contribution in [0.1, 0.15) is 58.3 Å². The molecule has 0 saturated heterocycles. The summed E-state index contributed by atoms with van der Waals surface area (Å²) in [6.45, 7) is 2.40. The summed E-state index contributed by atoms with van der Waals surface area (Å²) in [5.41, 5.74) is 0. The van der Waals surface area contributed by atoms with Crippen LogP contribution < -0.4 is 0 Å². The Morgan fingerprint density at radius 2 is 1.89 bits per heavy atom. The smallest absolute Gasteiger partial charge is 0.306 e. The third-order valence-corrected chi connectivity index (χ3v) is 4.24. The molecule has 0 radical (unpaired) electrons. The van der Waals surface area contributed by atoms with Gasteiger partial charge in [-0.15, -0.1) is 0 Å². The van der Waals surface area contributed by atoms with Crippen molar-refractivity contribution in [1.29, 1.82) is 0 Å². The van der Waals surface area contributed by atoms with E-state index in [9.17, 15) is 4.79 Å². The van der Waals surface area contributed by atoms with Crippen molar-refractivity contribution in [3.8, 4) is 0 Å². The Kier molecular flexibility index (Phi) is 13.1. The SMILES string of the molecule is CCCCCCCCC(CC(=O)OC)SCCO. The lowest BCUT2D eigenvalue weighted by molar-refractivity contribution is -0.140. The molecule has 18 heavy (non-hydrogen) atoms. The van der Waals surface area contributed by atoms with Crippen LogP contribution in [0.15, 0.2) is 0 Å². The summed E-state index contributed by atoms with van der Waals surface area (Å²) in [5, 5.41) is 9.14. The molecular weight excluding hydrogens is 248 g/mol. The van der Waals surface area contributed by atoms with E-state index in [4.69, 9.17) is 9.84 Å². The van der Waals surface area contributed by atoms with Crippen molar-refractivity contribution in [3.63, 3.8) is 0 Å². The number of thioether (sulfide) groups is 1. The van der Waals surface area contributed by atoms with Crippen LogP contribution in [0, 0.1) is 0 Å². The molecule has 1 N–H and O–H groups in total. The number of esters is 1. The highest BCUT2D eigenvalue weighted by atomic mass is 32.2.